The summed E-state index contributed by atoms with van der Waals surface area (Å²) in [6.07, 6.45) is 4.39. The van der Waals surface area contributed by atoms with Crippen LogP contribution in [0, 0.1) is 11.3 Å². The van der Waals surface area contributed by atoms with Crippen molar-refractivity contribution in [2.45, 2.75) is 6.04 Å². The lowest BCUT2D eigenvalue weighted by Crippen LogP contribution is -2.48. The molecule has 3 rings (SSSR count). The van der Waals surface area contributed by atoms with E-state index >= 15 is 0 Å². The van der Waals surface area contributed by atoms with E-state index < -0.39 is 5.97 Å². The molecule has 0 unspecified atom stereocenters. The number of rotatable bonds is 3. The molecule has 2 aromatic rings. The number of hydrogen-bond donors (Lipinski definition) is 1. The van der Waals surface area contributed by atoms with Crippen LogP contribution in [0.15, 0.2) is 18.6 Å². The van der Waals surface area contributed by atoms with Gasteiger partial charge in [0.05, 0.1) is 12.2 Å². The normalized spacial score (nSPS) is 14.7. The summed E-state index contributed by atoms with van der Waals surface area (Å²) >= 11 is 0. The molecule has 0 aliphatic carbocycles. The summed E-state index contributed by atoms with van der Waals surface area (Å²) in [5.41, 5.74) is 0.191. The molecule has 1 aliphatic heterocycles. The number of aromatic nitrogens is 5. The topological polar surface area (TPSA) is 121 Å². The third kappa shape index (κ3) is 1.93. The van der Waals surface area contributed by atoms with Crippen LogP contribution in [0.5, 0.6) is 0 Å². The lowest BCUT2D eigenvalue weighted by Gasteiger charge is -2.39. The summed E-state index contributed by atoms with van der Waals surface area (Å²) < 4.78 is 1.52. The standard InChI is InChI=1S/C11H9N7O2/c12-3-8-10(14-2-1-13-8)17-4-7(5-17)18-6-9(11(19)20)15-16-18/h1-2,6-7H,4-5H2,(H,19,20). The highest BCUT2D eigenvalue weighted by Gasteiger charge is 2.32. The predicted molar refractivity (Wildman–Crippen MR) is 65.0 cm³/mol. The monoisotopic (exact) mass is 271 g/mol. The van der Waals surface area contributed by atoms with Gasteiger partial charge >= 0.3 is 5.97 Å². The third-order valence-electron chi connectivity index (χ3n) is 3.05. The van der Waals surface area contributed by atoms with Gasteiger partial charge in [0, 0.05) is 25.5 Å². The van der Waals surface area contributed by atoms with Crippen LogP contribution in [0.1, 0.15) is 22.2 Å². The number of nitriles is 1. The quantitative estimate of drug-likeness (QED) is 0.807. The predicted octanol–water partition coefficient (Wildman–Crippen LogP) is -0.301. The van der Waals surface area contributed by atoms with Gasteiger partial charge in [0.2, 0.25) is 0 Å². The van der Waals surface area contributed by atoms with Crippen molar-refractivity contribution in [1.82, 2.24) is 25.0 Å². The van der Waals surface area contributed by atoms with E-state index in [2.05, 4.69) is 20.3 Å². The molecule has 0 amide bonds. The number of hydrogen-bond acceptors (Lipinski definition) is 7. The summed E-state index contributed by atoms with van der Waals surface area (Å²) in [6, 6.07) is 2.01. The lowest BCUT2D eigenvalue weighted by molar-refractivity contribution is 0.0690. The Bertz CT molecular complexity index is 699. The minimum Gasteiger partial charge on any atom is -0.476 e. The molecule has 20 heavy (non-hydrogen) atoms. The smallest absolute Gasteiger partial charge is 0.358 e. The van der Waals surface area contributed by atoms with Gasteiger partial charge in [-0.05, 0) is 0 Å². The first-order chi connectivity index (χ1) is 9.69. The summed E-state index contributed by atoms with van der Waals surface area (Å²) in [5.74, 6) is -0.571. The van der Waals surface area contributed by atoms with Crippen LogP contribution in [0.2, 0.25) is 0 Å². The van der Waals surface area contributed by atoms with E-state index in [-0.39, 0.29) is 17.4 Å². The van der Waals surface area contributed by atoms with Gasteiger partial charge in [-0.2, -0.15) is 5.26 Å². The van der Waals surface area contributed by atoms with Crippen LogP contribution in [-0.2, 0) is 0 Å². The van der Waals surface area contributed by atoms with E-state index in [0.29, 0.717) is 18.9 Å². The zero-order chi connectivity index (χ0) is 14.1. The first-order valence-electron chi connectivity index (χ1n) is 5.80. The molecule has 3 heterocycles. The Morgan fingerprint density at radius 1 is 1.40 bits per heavy atom. The molecule has 1 saturated heterocycles. The maximum atomic E-state index is 10.7. The second-order valence-electron chi connectivity index (χ2n) is 4.29. The second-order valence-corrected chi connectivity index (χ2v) is 4.29. The SMILES string of the molecule is N#Cc1nccnc1N1CC(n2cc(C(=O)O)nn2)C1. The van der Waals surface area contributed by atoms with Gasteiger partial charge in [0.1, 0.15) is 6.07 Å². The number of carboxylic acids is 1. The average Bonchev–Trinajstić information content (AvgIpc) is 2.87. The zero-order valence-electron chi connectivity index (χ0n) is 10.2. The van der Waals surface area contributed by atoms with Crippen LogP contribution in [0.3, 0.4) is 0 Å². The molecule has 0 aromatic carbocycles. The number of carbonyl (C=O) groups is 1. The number of carboxylic acid groups (broad SMARTS) is 1. The molecule has 100 valence electrons. The Balaban J connectivity index is 1.72. The number of anilines is 1. The molecule has 0 bridgehead atoms. The van der Waals surface area contributed by atoms with E-state index in [4.69, 9.17) is 10.4 Å². The molecule has 9 heteroatoms. The molecule has 1 fully saturated rings. The van der Waals surface area contributed by atoms with E-state index in [9.17, 15) is 4.79 Å². The Morgan fingerprint density at radius 2 is 2.15 bits per heavy atom. The Labute approximate surface area is 113 Å². The second kappa shape index (κ2) is 4.58. The van der Waals surface area contributed by atoms with E-state index in [0.717, 1.165) is 0 Å². The molecule has 0 saturated carbocycles. The van der Waals surface area contributed by atoms with Gasteiger partial charge in [-0.15, -0.1) is 5.10 Å². The van der Waals surface area contributed by atoms with E-state index in [1.807, 2.05) is 11.0 Å². The summed E-state index contributed by atoms with van der Waals surface area (Å²) in [7, 11) is 0. The van der Waals surface area contributed by atoms with Crippen molar-refractivity contribution in [1.29, 1.82) is 5.26 Å². The molecule has 9 nitrogen and oxygen atoms in total. The first kappa shape index (κ1) is 12.0. The van der Waals surface area contributed by atoms with Crippen LogP contribution < -0.4 is 4.90 Å². The van der Waals surface area contributed by atoms with Gasteiger partial charge in [0.15, 0.2) is 17.2 Å². The van der Waals surface area contributed by atoms with Crippen molar-refractivity contribution in [3.63, 3.8) is 0 Å². The van der Waals surface area contributed by atoms with Crippen molar-refractivity contribution in [3.8, 4) is 6.07 Å². The fraction of sp³-hybridized carbons (Fsp3) is 0.273. The fourth-order valence-corrected chi connectivity index (χ4v) is 1.99. The van der Waals surface area contributed by atoms with Gasteiger partial charge < -0.3 is 10.0 Å². The molecule has 1 N–H and O–H groups in total. The highest BCUT2D eigenvalue weighted by atomic mass is 16.4. The van der Waals surface area contributed by atoms with Gasteiger partial charge in [-0.3, -0.25) is 0 Å². The van der Waals surface area contributed by atoms with Gasteiger partial charge in [0.25, 0.3) is 0 Å². The summed E-state index contributed by atoms with van der Waals surface area (Å²) in [4.78, 5) is 20.7. The van der Waals surface area contributed by atoms with Crippen LogP contribution in [0.25, 0.3) is 0 Å². The number of aromatic carboxylic acids is 1. The fourth-order valence-electron chi connectivity index (χ4n) is 1.99. The molecule has 0 spiro atoms. The van der Waals surface area contributed by atoms with Crippen LogP contribution in [0.4, 0.5) is 5.82 Å². The summed E-state index contributed by atoms with van der Waals surface area (Å²) in [5, 5.41) is 25.1. The third-order valence-corrected chi connectivity index (χ3v) is 3.05. The van der Waals surface area contributed by atoms with Crippen molar-refractivity contribution in [2.75, 3.05) is 18.0 Å². The largest absolute Gasteiger partial charge is 0.476 e. The maximum Gasteiger partial charge on any atom is 0.358 e. The van der Waals surface area contributed by atoms with Gasteiger partial charge in [-0.1, -0.05) is 5.21 Å². The molecular formula is C11H9N7O2. The van der Waals surface area contributed by atoms with Crippen molar-refractivity contribution in [2.24, 2.45) is 0 Å². The minimum absolute atomic E-state index is 0.0177. The van der Waals surface area contributed by atoms with E-state index in [1.54, 1.807) is 0 Å². The number of nitrogens with zero attached hydrogens (tertiary/aromatic N) is 7. The van der Waals surface area contributed by atoms with E-state index in [1.165, 1.54) is 23.3 Å². The maximum absolute atomic E-state index is 10.7. The van der Waals surface area contributed by atoms with Crippen molar-refractivity contribution < 1.29 is 9.90 Å². The highest BCUT2D eigenvalue weighted by molar-refractivity contribution is 5.84. The van der Waals surface area contributed by atoms with Crippen molar-refractivity contribution >= 4 is 11.8 Å². The lowest BCUT2D eigenvalue weighted by atomic mass is 10.1. The summed E-state index contributed by atoms with van der Waals surface area (Å²) in [6.45, 7) is 1.16. The molecule has 1 aliphatic rings. The Kier molecular flexibility index (Phi) is 2.76. The average molecular weight is 271 g/mol. The van der Waals surface area contributed by atoms with Crippen LogP contribution in [-0.4, -0.2) is 49.1 Å². The molecule has 0 radical (unpaired) electrons. The molecule has 0 atom stereocenters. The first-order valence-corrected chi connectivity index (χ1v) is 5.80. The van der Waals surface area contributed by atoms with Crippen LogP contribution >= 0.6 is 0 Å². The van der Waals surface area contributed by atoms with Gasteiger partial charge in [-0.25, -0.2) is 19.4 Å². The molecular weight excluding hydrogens is 262 g/mol. The Hall–Kier alpha value is -3.02. The van der Waals surface area contributed by atoms with Crippen molar-refractivity contribution in [3.05, 3.63) is 30.0 Å². The Morgan fingerprint density at radius 3 is 2.80 bits per heavy atom. The highest BCUT2D eigenvalue weighted by Crippen LogP contribution is 2.27. The molecule has 2 aromatic heterocycles. The minimum atomic E-state index is -1.10. The zero-order valence-corrected chi connectivity index (χ0v) is 10.2.